The zero-order valence-corrected chi connectivity index (χ0v) is 17.2. The van der Waals surface area contributed by atoms with Gasteiger partial charge in [-0.05, 0) is 31.5 Å². The van der Waals surface area contributed by atoms with E-state index in [1.54, 1.807) is 19.3 Å². The molecule has 0 unspecified atom stereocenters. The van der Waals surface area contributed by atoms with Crippen molar-refractivity contribution < 1.29 is 32.2 Å². The number of amides is 1. The third kappa shape index (κ3) is 3.61. The normalized spacial score (nSPS) is 24.0. The van der Waals surface area contributed by atoms with Crippen LogP contribution in [0.5, 0.6) is 0 Å². The second-order valence-electron chi connectivity index (χ2n) is 8.09. The minimum absolute atomic E-state index is 0.0447. The van der Waals surface area contributed by atoms with Crippen molar-refractivity contribution in [1.82, 2.24) is 19.9 Å². The highest BCUT2D eigenvalue weighted by molar-refractivity contribution is 6.00. The van der Waals surface area contributed by atoms with E-state index in [-0.39, 0.29) is 36.4 Å². The van der Waals surface area contributed by atoms with Crippen LogP contribution in [0.15, 0.2) is 36.8 Å². The number of alkyl halides is 3. The summed E-state index contributed by atoms with van der Waals surface area (Å²) in [4.78, 5) is 17.4. The van der Waals surface area contributed by atoms with Gasteiger partial charge in [0, 0.05) is 31.0 Å². The van der Waals surface area contributed by atoms with Crippen LogP contribution < -0.4 is 5.32 Å². The molecular weight excluding hydrogens is 432 g/mol. The Labute approximate surface area is 180 Å². The van der Waals surface area contributed by atoms with Gasteiger partial charge in [0.1, 0.15) is 22.5 Å². The fourth-order valence-corrected chi connectivity index (χ4v) is 4.00. The lowest BCUT2D eigenvalue weighted by atomic mass is 9.71. The van der Waals surface area contributed by atoms with Gasteiger partial charge in [-0.15, -0.1) is 0 Å². The average Bonchev–Trinajstić information content (AvgIpc) is 3.12. The lowest BCUT2D eigenvalue weighted by Crippen LogP contribution is -2.65. The zero-order chi connectivity index (χ0) is 23.3. The molecule has 2 aromatic heterocycles. The Morgan fingerprint density at radius 3 is 2.72 bits per heavy atom. The number of nitrogens with zero attached hydrogens (tertiary/aromatic N) is 3. The molecule has 1 fully saturated rings. The number of hydrogen-bond acceptors (Lipinski definition) is 5. The first kappa shape index (κ1) is 22.2. The molecule has 170 valence electrons. The summed E-state index contributed by atoms with van der Waals surface area (Å²) < 4.78 is 60.8. The molecule has 2 N–H and O–H groups in total. The molecule has 1 aliphatic heterocycles. The maximum Gasteiger partial charge on any atom is 0.416 e. The number of hydrogen-bond donors (Lipinski definition) is 2. The number of halogens is 4. The fourth-order valence-electron chi connectivity index (χ4n) is 4.00. The number of carbonyl (C=O) groups excluding carboxylic acids is 1. The number of nitrogens with one attached hydrogen (secondary N) is 1. The second-order valence-corrected chi connectivity index (χ2v) is 8.09. The summed E-state index contributed by atoms with van der Waals surface area (Å²) in [5.74, 6) is -1.91. The molecule has 0 aliphatic carbocycles. The molecule has 3 aromatic rings. The Bertz CT molecular complexity index is 1190. The smallest absolute Gasteiger partial charge is 0.385 e. The van der Waals surface area contributed by atoms with E-state index < -0.39 is 34.6 Å². The standard InChI is InChI=1S/C21H20F4N4O3/c1-12-8-26-17-14(9-27-29(17)10-12)18(30)28-20(5-6-32-11-19(20,2)31)15-4-3-13(7-16(15)22)21(23,24)25/h3-4,7-10,31H,5-6,11H2,1-2H3,(H,28,30)/t19-,20-/m1/s1. The van der Waals surface area contributed by atoms with Crippen LogP contribution in [0.1, 0.15) is 40.4 Å². The number of carbonyl (C=O) groups is 1. The highest BCUT2D eigenvalue weighted by atomic mass is 19.4. The molecule has 7 nitrogen and oxygen atoms in total. The summed E-state index contributed by atoms with van der Waals surface area (Å²) in [6.45, 7) is 2.92. The van der Waals surface area contributed by atoms with Crippen LogP contribution in [0.2, 0.25) is 0 Å². The van der Waals surface area contributed by atoms with Crippen molar-refractivity contribution in [3.8, 4) is 0 Å². The summed E-state index contributed by atoms with van der Waals surface area (Å²) in [5.41, 5.74) is -3.91. The lowest BCUT2D eigenvalue weighted by Gasteiger charge is -2.49. The molecular formula is C21H20F4N4O3. The van der Waals surface area contributed by atoms with E-state index in [4.69, 9.17) is 4.74 Å². The van der Waals surface area contributed by atoms with Crippen LogP contribution in [0.3, 0.4) is 0 Å². The van der Waals surface area contributed by atoms with Gasteiger partial charge in [0.2, 0.25) is 0 Å². The van der Waals surface area contributed by atoms with Gasteiger partial charge in [-0.3, -0.25) is 4.79 Å². The van der Waals surface area contributed by atoms with Crippen molar-refractivity contribution in [2.75, 3.05) is 13.2 Å². The van der Waals surface area contributed by atoms with E-state index in [1.165, 1.54) is 17.6 Å². The first-order valence-electron chi connectivity index (χ1n) is 9.74. The molecule has 1 aromatic carbocycles. The largest absolute Gasteiger partial charge is 0.416 e. The van der Waals surface area contributed by atoms with E-state index in [0.717, 1.165) is 17.7 Å². The molecule has 11 heteroatoms. The van der Waals surface area contributed by atoms with Gasteiger partial charge in [0.15, 0.2) is 5.65 Å². The van der Waals surface area contributed by atoms with Gasteiger partial charge in [-0.1, -0.05) is 6.07 Å². The van der Waals surface area contributed by atoms with Crippen LogP contribution >= 0.6 is 0 Å². The molecule has 4 rings (SSSR count). The Morgan fingerprint density at radius 2 is 2.06 bits per heavy atom. The highest BCUT2D eigenvalue weighted by Gasteiger charge is 2.53. The molecule has 2 atom stereocenters. The van der Waals surface area contributed by atoms with Gasteiger partial charge in [-0.25, -0.2) is 13.9 Å². The summed E-state index contributed by atoms with van der Waals surface area (Å²) >= 11 is 0. The zero-order valence-electron chi connectivity index (χ0n) is 17.2. The molecule has 3 heterocycles. The van der Waals surface area contributed by atoms with Crippen LogP contribution in [0, 0.1) is 12.7 Å². The van der Waals surface area contributed by atoms with Crippen LogP contribution in [0.4, 0.5) is 17.6 Å². The fraction of sp³-hybridized carbons (Fsp3) is 0.381. The van der Waals surface area contributed by atoms with E-state index in [1.807, 2.05) is 0 Å². The first-order valence-corrected chi connectivity index (χ1v) is 9.74. The number of fused-ring (bicyclic) bond motifs is 1. The van der Waals surface area contributed by atoms with Crippen molar-refractivity contribution in [3.05, 3.63) is 64.9 Å². The third-order valence-corrected chi connectivity index (χ3v) is 5.74. The van der Waals surface area contributed by atoms with Crippen molar-refractivity contribution in [3.63, 3.8) is 0 Å². The molecule has 1 aliphatic rings. The predicted octanol–water partition coefficient (Wildman–Crippen LogP) is 2.99. The Hall–Kier alpha value is -3.05. The number of aliphatic hydroxyl groups is 1. The Balaban J connectivity index is 1.80. The second kappa shape index (κ2) is 7.52. The summed E-state index contributed by atoms with van der Waals surface area (Å²) in [5, 5.41) is 17.9. The Kier molecular flexibility index (Phi) is 5.21. The minimum atomic E-state index is -4.74. The molecule has 32 heavy (non-hydrogen) atoms. The third-order valence-electron chi connectivity index (χ3n) is 5.74. The Morgan fingerprint density at radius 1 is 1.31 bits per heavy atom. The number of aryl methyl sites for hydroxylation is 1. The van der Waals surface area contributed by atoms with Gasteiger partial charge in [0.25, 0.3) is 5.91 Å². The van der Waals surface area contributed by atoms with Crippen LogP contribution in [-0.4, -0.2) is 44.4 Å². The van der Waals surface area contributed by atoms with Crippen molar-refractivity contribution in [2.24, 2.45) is 0 Å². The van der Waals surface area contributed by atoms with E-state index in [2.05, 4.69) is 15.4 Å². The molecule has 0 radical (unpaired) electrons. The summed E-state index contributed by atoms with van der Waals surface area (Å²) in [7, 11) is 0. The monoisotopic (exact) mass is 452 g/mol. The maximum atomic E-state index is 15.0. The SMILES string of the molecule is Cc1cnc2c(C(=O)N[C@@]3(c4ccc(C(F)(F)F)cc4F)CCOC[C@@]3(C)O)cnn2c1. The molecule has 0 bridgehead atoms. The van der Waals surface area contributed by atoms with Crippen molar-refractivity contribution in [2.45, 2.75) is 37.6 Å². The quantitative estimate of drug-likeness (QED) is 0.597. The predicted molar refractivity (Wildman–Crippen MR) is 104 cm³/mol. The van der Waals surface area contributed by atoms with E-state index in [9.17, 15) is 23.1 Å². The maximum absolute atomic E-state index is 15.0. The van der Waals surface area contributed by atoms with E-state index in [0.29, 0.717) is 6.07 Å². The first-order chi connectivity index (χ1) is 14.9. The lowest BCUT2D eigenvalue weighted by molar-refractivity contribution is -0.140. The minimum Gasteiger partial charge on any atom is -0.385 e. The van der Waals surface area contributed by atoms with Gasteiger partial charge < -0.3 is 15.2 Å². The number of rotatable bonds is 3. The van der Waals surface area contributed by atoms with Crippen LogP contribution in [0.25, 0.3) is 5.65 Å². The number of ether oxygens (including phenoxy) is 1. The summed E-state index contributed by atoms with van der Waals surface area (Å²) in [6.07, 6.45) is -0.324. The van der Waals surface area contributed by atoms with Gasteiger partial charge in [-0.2, -0.15) is 18.3 Å². The summed E-state index contributed by atoms with van der Waals surface area (Å²) in [6, 6.07) is 2.02. The van der Waals surface area contributed by atoms with Crippen LogP contribution in [-0.2, 0) is 16.5 Å². The van der Waals surface area contributed by atoms with Gasteiger partial charge in [0.05, 0.1) is 18.4 Å². The topological polar surface area (TPSA) is 88.8 Å². The number of aromatic nitrogens is 3. The average molecular weight is 452 g/mol. The molecule has 1 amide bonds. The molecule has 0 spiro atoms. The van der Waals surface area contributed by atoms with Gasteiger partial charge >= 0.3 is 6.18 Å². The number of benzene rings is 1. The van der Waals surface area contributed by atoms with E-state index >= 15 is 4.39 Å². The van der Waals surface area contributed by atoms with Crippen molar-refractivity contribution >= 4 is 11.6 Å². The molecule has 1 saturated heterocycles. The molecule has 0 saturated carbocycles. The highest BCUT2D eigenvalue weighted by Crippen LogP contribution is 2.42. The van der Waals surface area contributed by atoms with Crippen molar-refractivity contribution in [1.29, 1.82) is 0 Å².